The quantitative estimate of drug-likeness (QED) is 0.939. The molecule has 0 radical (unpaired) electrons. The van der Waals surface area contributed by atoms with Crippen molar-refractivity contribution in [1.82, 2.24) is 14.8 Å². The van der Waals surface area contributed by atoms with Crippen LogP contribution in [0.4, 0.5) is 0 Å². The second kappa shape index (κ2) is 6.64. The molecule has 122 valence electrons. The lowest BCUT2D eigenvalue weighted by atomic mass is 10.1. The van der Waals surface area contributed by atoms with Crippen LogP contribution in [0.3, 0.4) is 0 Å². The van der Waals surface area contributed by atoms with Gasteiger partial charge in [-0.2, -0.15) is 0 Å². The molecule has 1 aromatic heterocycles. The highest BCUT2D eigenvalue weighted by Crippen LogP contribution is 2.17. The molecule has 2 heterocycles. The molecule has 0 spiro atoms. The molecule has 0 unspecified atom stereocenters. The van der Waals surface area contributed by atoms with E-state index < -0.39 is 5.97 Å². The molecule has 0 saturated carbocycles. The Morgan fingerprint density at radius 3 is 2.57 bits per heavy atom. The molecule has 1 N–H and O–H groups in total. The molecule has 1 aliphatic heterocycles. The number of piperazine rings is 1. The number of pyridine rings is 1. The lowest BCUT2D eigenvalue weighted by Crippen LogP contribution is -2.48. The lowest BCUT2D eigenvalue weighted by molar-refractivity contribution is 0.0697. The smallest absolute Gasteiger partial charge is 0.335 e. The van der Waals surface area contributed by atoms with Gasteiger partial charge >= 0.3 is 5.97 Å². The van der Waals surface area contributed by atoms with E-state index in [9.17, 15) is 4.79 Å². The fourth-order valence-electron chi connectivity index (χ4n) is 3.06. The maximum Gasteiger partial charge on any atom is 0.335 e. The topological polar surface area (TPSA) is 56.7 Å². The van der Waals surface area contributed by atoms with Gasteiger partial charge in [-0.05, 0) is 38.1 Å². The van der Waals surface area contributed by atoms with Crippen molar-refractivity contribution < 1.29 is 9.90 Å². The van der Waals surface area contributed by atoms with E-state index in [0.717, 1.165) is 49.3 Å². The maximum absolute atomic E-state index is 11.0. The van der Waals surface area contributed by atoms with E-state index in [-0.39, 0.29) is 0 Å². The van der Waals surface area contributed by atoms with Crippen LogP contribution in [0.1, 0.15) is 29.9 Å². The van der Waals surface area contributed by atoms with Gasteiger partial charge in [-0.15, -0.1) is 0 Å². The highest BCUT2D eigenvalue weighted by molar-refractivity contribution is 5.93. The second-order valence-corrected chi connectivity index (χ2v) is 6.42. The average Bonchev–Trinajstić information content (AvgIpc) is 2.54. The Labute approximate surface area is 136 Å². The first-order chi connectivity index (χ1) is 11.0. The van der Waals surface area contributed by atoms with Gasteiger partial charge in [-0.1, -0.05) is 6.07 Å². The Kier molecular flexibility index (Phi) is 4.59. The van der Waals surface area contributed by atoms with Crippen LogP contribution in [0.25, 0.3) is 10.9 Å². The normalized spacial score (nSPS) is 17.0. The first-order valence-electron chi connectivity index (χ1n) is 8.12. The van der Waals surface area contributed by atoms with E-state index in [1.54, 1.807) is 18.2 Å². The Hall–Kier alpha value is -1.98. The van der Waals surface area contributed by atoms with Crippen LogP contribution in [0.15, 0.2) is 30.3 Å². The molecule has 2 aromatic rings. The van der Waals surface area contributed by atoms with Gasteiger partial charge in [0.2, 0.25) is 0 Å². The fraction of sp³-hybridized carbons (Fsp3) is 0.444. The number of hydrogen-bond donors (Lipinski definition) is 1. The van der Waals surface area contributed by atoms with E-state index in [1.807, 2.05) is 12.1 Å². The van der Waals surface area contributed by atoms with Gasteiger partial charge in [0.25, 0.3) is 0 Å². The van der Waals surface area contributed by atoms with Crippen LogP contribution < -0.4 is 0 Å². The highest BCUT2D eigenvalue weighted by Gasteiger charge is 2.19. The summed E-state index contributed by atoms with van der Waals surface area (Å²) in [6.07, 6.45) is 0. The number of carboxylic acid groups (broad SMARTS) is 1. The molecule has 1 fully saturated rings. The Morgan fingerprint density at radius 2 is 1.91 bits per heavy atom. The highest BCUT2D eigenvalue weighted by atomic mass is 16.4. The first kappa shape index (κ1) is 15.9. The third kappa shape index (κ3) is 3.68. The number of benzene rings is 1. The Bertz CT molecular complexity index is 706. The first-order valence-corrected chi connectivity index (χ1v) is 8.12. The number of hydrogen-bond acceptors (Lipinski definition) is 4. The predicted molar refractivity (Wildman–Crippen MR) is 90.7 cm³/mol. The van der Waals surface area contributed by atoms with Crippen LogP contribution in [0.2, 0.25) is 0 Å². The zero-order valence-corrected chi connectivity index (χ0v) is 13.7. The molecule has 1 aromatic carbocycles. The van der Waals surface area contributed by atoms with Gasteiger partial charge in [-0.3, -0.25) is 14.8 Å². The van der Waals surface area contributed by atoms with Gasteiger partial charge < -0.3 is 5.11 Å². The molecule has 23 heavy (non-hydrogen) atoms. The van der Waals surface area contributed by atoms with E-state index in [1.165, 1.54) is 0 Å². The predicted octanol–water partition coefficient (Wildman–Crippen LogP) is 2.46. The molecule has 0 bridgehead atoms. The Balaban J connectivity index is 1.69. The second-order valence-electron chi connectivity index (χ2n) is 6.42. The number of aromatic nitrogens is 1. The largest absolute Gasteiger partial charge is 0.478 e. The van der Waals surface area contributed by atoms with E-state index in [2.05, 4.69) is 28.6 Å². The summed E-state index contributed by atoms with van der Waals surface area (Å²) >= 11 is 0. The van der Waals surface area contributed by atoms with Gasteiger partial charge in [0.1, 0.15) is 0 Å². The maximum atomic E-state index is 11.0. The molecule has 5 nitrogen and oxygen atoms in total. The summed E-state index contributed by atoms with van der Waals surface area (Å²) in [5.41, 5.74) is 2.20. The number of aromatic carboxylic acids is 1. The number of rotatable bonds is 4. The number of carboxylic acids is 1. The Morgan fingerprint density at radius 1 is 1.17 bits per heavy atom. The minimum absolute atomic E-state index is 0.303. The molecular formula is C18H23N3O2. The van der Waals surface area contributed by atoms with Crippen LogP contribution in [0, 0.1) is 0 Å². The van der Waals surface area contributed by atoms with Gasteiger partial charge in [-0.25, -0.2) is 4.79 Å². The number of nitrogens with zero attached hydrogens (tertiary/aromatic N) is 3. The van der Waals surface area contributed by atoms with Crippen molar-refractivity contribution in [3.8, 4) is 0 Å². The van der Waals surface area contributed by atoms with E-state index in [0.29, 0.717) is 11.6 Å². The van der Waals surface area contributed by atoms with E-state index in [4.69, 9.17) is 5.11 Å². The average molecular weight is 313 g/mol. The van der Waals surface area contributed by atoms with Crippen LogP contribution in [-0.4, -0.2) is 58.1 Å². The molecule has 0 amide bonds. The summed E-state index contributed by atoms with van der Waals surface area (Å²) in [4.78, 5) is 20.6. The standard InChI is InChI=1S/C18H23N3O2/c1-13(2)21-9-7-20(8-10-21)12-16-5-3-14-11-15(18(22)23)4-6-17(14)19-16/h3-6,11,13H,7-10,12H2,1-2H3,(H,22,23). The summed E-state index contributed by atoms with van der Waals surface area (Å²) < 4.78 is 0. The molecule has 0 aliphatic carbocycles. The minimum Gasteiger partial charge on any atom is -0.478 e. The zero-order chi connectivity index (χ0) is 16.4. The van der Waals surface area contributed by atoms with Crippen LogP contribution >= 0.6 is 0 Å². The lowest BCUT2D eigenvalue weighted by Gasteiger charge is -2.36. The number of carbonyl (C=O) groups is 1. The van der Waals surface area contributed by atoms with Crippen molar-refractivity contribution in [2.24, 2.45) is 0 Å². The van der Waals surface area contributed by atoms with Crippen molar-refractivity contribution in [2.45, 2.75) is 26.4 Å². The summed E-state index contributed by atoms with van der Waals surface area (Å²) in [6.45, 7) is 9.67. The molecule has 1 saturated heterocycles. The number of fused-ring (bicyclic) bond motifs is 1. The molecular weight excluding hydrogens is 290 g/mol. The molecule has 5 heteroatoms. The summed E-state index contributed by atoms with van der Waals surface area (Å²) in [5.74, 6) is -0.904. The van der Waals surface area contributed by atoms with Gasteiger partial charge in [0, 0.05) is 44.2 Å². The van der Waals surface area contributed by atoms with Gasteiger partial charge in [0.15, 0.2) is 0 Å². The molecule has 1 aliphatic rings. The van der Waals surface area contributed by atoms with Crippen molar-refractivity contribution in [2.75, 3.05) is 26.2 Å². The summed E-state index contributed by atoms with van der Waals surface area (Å²) in [5, 5.41) is 9.92. The molecule has 3 rings (SSSR count). The van der Waals surface area contributed by atoms with Crippen molar-refractivity contribution in [3.63, 3.8) is 0 Å². The van der Waals surface area contributed by atoms with Crippen molar-refractivity contribution in [1.29, 1.82) is 0 Å². The van der Waals surface area contributed by atoms with Crippen LogP contribution in [0.5, 0.6) is 0 Å². The SMILES string of the molecule is CC(C)N1CCN(Cc2ccc3cc(C(=O)O)ccc3n2)CC1. The van der Waals surface area contributed by atoms with Crippen molar-refractivity contribution in [3.05, 3.63) is 41.6 Å². The zero-order valence-electron chi connectivity index (χ0n) is 13.7. The van der Waals surface area contributed by atoms with Crippen LogP contribution in [-0.2, 0) is 6.54 Å². The third-order valence-electron chi connectivity index (χ3n) is 4.52. The fourth-order valence-corrected chi connectivity index (χ4v) is 3.06. The summed E-state index contributed by atoms with van der Waals surface area (Å²) in [7, 11) is 0. The molecule has 0 atom stereocenters. The van der Waals surface area contributed by atoms with E-state index >= 15 is 0 Å². The third-order valence-corrected chi connectivity index (χ3v) is 4.52. The minimum atomic E-state index is -0.904. The van der Waals surface area contributed by atoms with Gasteiger partial charge in [0.05, 0.1) is 16.8 Å². The summed E-state index contributed by atoms with van der Waals surface area (Å²) in [6, 6.07) is 9.66. The monoisotopic (exact) mass is 313 g/mol. The van der Waals surface area contributed by atoms with Crippen molar-refractivity contribution >= 4 is 16.9 Å².